The van der Waals surface area contributed by atoms with Crippen molar-refractivity contribution in [3.05, 3.63) is 28.6 Å². The molecule has 1 N–H and O–H groups in total. The van der Waals surface area contributed by atoms with Gasteiger partial charge in [-0.3, -0.25) is 4.79 Å². The number of aromatic nitrogens is 2. The van der Waals surface area contributed by atoms with Crippen molar-refractivity contribution < 1.29 is 5.11 Å². The number of thioether (sulfide) groups is 4. The first-order valence-electron chi connectivity index (χ1n) is 4.99. The Bertz CT molecular complexity index is 646. The highest BCUT2D eigenvalue weighted by Crippen LogP contribution is 2.59. The van der Waals surface area contributed by atoms with Gasteiger partial charge < -0.3 is 10.1 Å². The van der Waals surface area contributed by atoms with Crippen molar-refractivity contribution in [2.75, 3.05) is 0 Å². The number of H-pyrrole nitrogens is 1. The zero-order valence-corrected chi connectivity index (χ0v) is 12.7. The normalized spacial score (nSPS) is 18.8. The molecule has 1 aromatic rings. The number of fused-ring (bicyclic) bond motifs is 1. The summed E-state index contributed by atoms with van der Waals surface area (Å²) in [7, 11) is 0. The molecule has 0 spiro atoms. The van der Waals surface area contributed by atoms with E-state index in [0.29, 0.717) is 9.92 Å². The molecule has 1 aromatic heterocycles. The van der Waals surface area contributed by atoms with Crippen LogP contribution in [0.5, 0.6) is 6.01 Å². The van der Waals surface area contributed by atoms with Crippen molar-refractivity contribution in [2.24, 2.45) is 0 Å². The Labute approximate surface area is 120 Å². The summed E-state index contributed by atoms with van der Waals surface area (Å²) in [4.78, 5) is 20.8. The number of hydrogen-bond donors (Lipinski definition) is 1. The molecule has 3 rings (SSSR count). The fourth-order valence-electron chi connectivity index (χ4n) is 1.39. The maximum atomic E-state index is 11.6. The van der Waals surface area contributed by atoms with E-state index in [1.54, 1.807) is 23.5 Å². The molecule has 0 bridgehead atoms. The van der Waals surface area contributed by atoms with Crippen LogP contribution >= 0.6 is 47.0 Å². The van der Waals surface area contributed by atoms with E-state index in [0.717, 1.165) is 4.24 Å². The Kier molecular flexibility index (Phi) is 3.21. The third-order valence-corrected chi connectivity index (χ3v) is 7.99. The topological polar surface area (TPSA) is 68.8 Å². The van der Waals surface area contributed by atoms with Crippen molar-refractivity contribution in [3.8, 4) is 6.01 Å². The second-order valence-corrected chi connectivity index (χ2v) is 8.59. The molecule has 0 aromatic carbocycles. The number of hydrogen-bond acceptors (Lipinski definition) is 7. The molecule has 0 atom stereocenters. The van der Waals surface area contributed by atoms with Gasteiger partial charge in [0.25, 0.3) is 5.56 Å². The average molecular weight is 315 g/mol. The van der Waals surface area contributed by atoms with E-state index < -0.39 is 6.01 Å². The first kappa shape index (κ1) is 12.6. The van der Waals surface area contributed by atoms with E-state index in [-0.39, 0.29) is 5.56 Å². The number of allylic oxidation sites excluding steroid dienone is 2. The van der Waals surface area contributed by atoms with Crippen molar-refractivity contribution in [2.45, 2.75) is 23.8 Å². The summed E-state index contributed by atoms with van der Waals surface area (Å²) in [5.74, 6) is 0. The first-order chi connectivity index (χ1) is 8.54. The highest BCUT2D eigenvalue weighted by Gasteiger charge is 2.28. The lowest BCUT2D eigenvalue weighted by Gasteiger charge is -2.03. The van der Waals surface area contributed by atoms with Gasteiger partial charge in [0, 0.05) is 0 Å². The maximum absolute atomic E-state index is 11.6. The van der Waals surface area contributed by atoms with Gasteiger partial charge in [0.1, 0.15) is 9.92 Å². The third kappa shape index (κ3) is 2.11. The van der Waals surface area contributed by atoms with E-state index >= 15 is 0 Å². The van der Waals surface area contributed by atoms with Crippen LogP contribution in [0.1, 0.15) is 13.8 Å². The van der Waals surface area contributed by atoms with Crippen molar-refractivity contribution in [3.63, 3.8) is 0 Å². The molecular formula is C10H7N2O2S4-. The quantitative estimate of drug-likeness (QED) is 0.738. The maximum Gasteiger partial charge on any atom is 0.265 e. The van der Waals surface area contributed by atoms with E-state index in [4.69, 9.17) is 0 Å². The molecular weight excluding hydrogens is 308 g/mol. The van der Waals surface area contributed by atoms with Gasteiger partial charge in [-0.2, -0.15) is 0 Å². The SMILES string of the molecule is CC1=C(C)SC(=C2Sc3nc([O-])[nH]c(=O)c3S2)S1. The molecule has 8 heteroatoms. The van der Waals surface area contributed by atoms with Gasteiger partial charge in [0.2, 0.25) is 0 Å². The highest BCUT2D eigenvalue weighted by molar-refractivity contribution is 8.32. The second kappa shape index (κ2) is 4.59. The van der Waals surface area contributed by atoms with Crippen molar-refractivity contribution in [1.29, 1.82) is 0 Å². The van der Waals surface area contributed by atoms with Crippen LogP contribution < -0.4 is 10.7 Å². The van der Waals surface area contributed by atoms with E-state index in [9.17, 15) is 9.90 Å². The molecule has 0 saturated heterocycles. The Morgan fingerprint density at radius 2 is 1.67 bits per heavy atom. The number of nitrogens with zero attached hydrogens (tertiary/aromatic N) is 1. The summed E-state index contributed by atoms with van der Waals surface area (Å²) >= 11 is 6.24. The summed E-state index contributed by atoms with van der Waals surface area (Å²) in [5, 5.41) is 11.7. The average Bonchev–Trinajstić information content (AvgIpc) is 2.84. The number of aromatic amines is 1. The lowest BCUT2D eigenvalue weighted by molar-refractivity contribution is -0.282. The Balaban J connectivity index is 1.97. The Morgan fingerprint density at radius 3 is 2.33 bits per heavy atom. The minimum Gasteiger partial charge on any atom is -0.846 e. The van der Waals surface area contributed by atoms with E-state index in [2.05, 4.69) is 23.8 Å². The predicted molar refractivity (Wildman–Crippen MR) is 76.6 cm³/mol. The summed E-state index contributed by atoms with van der Waals surface area (Å²) in [6, 6.07) is -0.574. The van der Waals surface area contributed by atoms with Crippen molar-refractivity contribution in [1.82, 2.24) is 9.97 Å². The Morgan fingerprint density at radius 1 is 1.06 bits per heavy atom. The summed E-state index contributed by atoms with van der Waals surface area (Å²) < 4.78 is 2.21. The minimum absolute atomic E-state index is 0.340. The molecule has 2 aliphatic rings. The lowest BCUT2D eigenvalue weighted by atomic mass is 10.6. The smallest absolute Gasteiger partial charge is 0.265 e. The first-order valence-corrected chi connectivity index (χ1v) is 8.25. The lowest BCUT2D eigenvalue weighted by Crippen LogP contribution is -2.13. The largest absolute Gasteiger partial charge is 0.846 e. The standard InChI is InChI=1S/C10H8N2O2S4/c1-3-4(2)16-8(15-3)9-17-5-6(13)11-10(14)12-7(5)18-9/h1-2H3,(H2,11,12,13,14)/p-1. The molecule has 4 nitrogen and oxygen atoms in total. The third-order valence-electron chi connectivity index (χ3n) is 2.36. The molecule has 0 aliphatic carbocycles. The zero-order chi connectivity index (χ0) is 12.9. The fraction of sp³-hybridized carbons (Fsp3) is 0.200. The summed E-state index contributed by atoms with van der Waals surface area (Å²) in [6.45, 7) is 4.16. The van der Waals surface area contributed by atoms with Gasteiger partial charge in [0.05, 0.1) is 14.5 Å². The van der Waals surface area contributed by atoms with Crippen molar-refractivity contribution >= 4 is 47.0 Å². The Hall–Kier alpha value is -0.440. The van der Waals surface area contributed by atoms with Gasteiger partial charge in [-0.05, 0) is 23.7 Å². The van der Waals surface area contributed by atoms with Crippen LogP contribution in [-0.2, 0) is 0 Å². The predicted octanol–water partition coefficient (Wildman–Crippen LogP) is 2.90. The summed E-state index contributed by atoms with van der Waals surface area (Å²) in [5.41, 5.74) is -0.340. The van der Waals surface area contributed by atoms with Crippen LogP contribution in [0.4, 0.5) is 0 Å². The van der Waals surface area contributed by atoms with Gasteiger partial charge in [-0.1, -0.05) is 47.0 Å². The van der Waals surface area contributed by atoms with Crippen LogP contribution in [0.2, 0.25) is 0 Å². The molecule has 0 radical (unpaired) electrons. The molecule has 0 unspecified atom stereocenters. The highest BCUT2D eigenvalue weighted by atomic mass is 32.2. The van der Waals surface area contributed by atoms with Crippen LogP contribution in [0.15, 0.2) is 33.0 Å². The number of rotatable bonds is 0. The van der Waals surface area contributed by atoms with Crippen LogP contribution in [0, 0.1) is 0 Å². The molecule has 3 heterocycles. The van der Waals surface area contributed by atoms with E-state index in [1.165, 1.54) is 37.6 Å². The van der Waals surface area contributed by atoms with Gasteiger partial charge in [-0.15, -0.1) is 0 Å². The molecule has 18 heavy (non-hydrogen) atoms. The summed E-state index contributed by atoms with van der Waals surface area (Å²) in [6.07, 6.45) is 0. The molecule has 2 aliphatic heterocycles. The number of nitrogens with one attached hydrogen (secondary N) is 1. The van der Waals surface area contributed by atoms with Gasteiger partial charge in [-0.25, -0.2) is 4.98 Å². The molecule has 0 saturated carbocycles. The van der Waals surface area contributed by atoms with Crippen LogP contribution in [0.25, 0.3) is 0 Å². The van der Waals surface area contributed by atoms with E-state index in [1.807, 2.05) is 0 Å². The minimum atomic E-state index is -0.574. The van der Waals surface area contributed by atoms with Gasteiger partial charge >= 0.3 is 0 Å². The zero-order valence-electron chi connectivity index (χ0n) is 9.40. The van der Waals surface area contributed by atoms with Gasteiger partial charge in [0.15, 0.2) is 0 Å². The monoisotopic (exact) mass is 315 g/mol. The van der Waals surface area contributed by atoms with Crippen LogP contribution in [0.3, 0.4) is 0 Å². The molecule has 94 valence electrons. The molecule has 0 amide bonds. The second-order valence-electron chi connectivity index (χ2n) is 3.60. The van der Waals surface area contributed by atoms with Crippen LogP contribution in [-0.4, -0.2) is 9.97 Å². The molecule has 0 fully saturated rings. The fourth-order valence-corrected chi connectivity index (χ4v) is 6.59.